The average molecular weight is 515 g/mol. The van der Waals surface area contributed by atoms with Crippen LogP contribution in [-0.4, -0.2) is 56.6 Å². The highest BCUT2D eigenvalue weighted by atomic mass is 19.4. The number of rotatable bonds is 6. The largest absolute Gasteiger partial charge is 0.573 e. The maximum atomic E-state index is 12.6. The molecule has 5 rings (SSSR count). The number of aromatic nitrogens is 4. The van der Waals surface area contributed by atoms with Crippen molar-refractivity contribution in [3.8, 4) is 5.75 Å². The van der Waals surface area contributed by atoms with E-state index in [1.54, 1.807) is 19.1 Å². The van der Waals surface area contributed by atoms with E-state index in [1.165, 1.54) is 18.2 Å². The third-order valence-electron chi connectivity index (χ3n) is 6.68. The predicted octanol–water partition coefficient (Wildman–Crippen LogP) is 5.11. The number of anilines is 2. The fraction of sp³-hybridized carbons (Fsp3) is 0.462. The van der Waals surface area contributed by atoms with Gasteiger partial charge in [0.15, 0.2) is 5.82 Å². The Bertz CT molecular complexity index is 1290. The zero-order chi connectivity index (χ0) is 26.0. The summed E-state index contributed by atoms with van der Waals surface area (Å²) in [6.07, 6.45) is 3.97. The molecule has 0 atom stereocenters. The van der Waals surface area contributed by atoms with E-state index in [1.807, 2.05) is 6.07 Å². The molecule has 0 spiro atoms. The number of hydrogen-bond acceptors (Lipinski definition) is 8. The Hall–Kier alpha value is -3.47. The van der Waals surface area contributed by atoms with Gasteiger partial charge in [-0.2, -0.15) is 0 Å². The third-order valence-corrected chi connectivity index (χ3v) is 6.68. The number of aryl methyl sites for hydroxylation is 1. The van der Waals surface area contributed by atoms with Crippen molar-refractivity contribution in [3.63, 3.8) is 0 Å². The molecule has 0 bridgehead atoms. The normalized spacial score (nSPS) is 20.6. The second-order valence-electron chi connectivity index (χ2n) is 9.54. The van der Waals surface area contributed by atoms with Crippen LogP contribution in [0.2, 0.25) is 0 Å². The number of aliphatic hydroxyl groups excluding tert-OH is 1. The number of aliphatic hydroxyl groups is 1. The molecule has 2 fully saturated rings. The molecule has 37 heavy (non-hydrogen) atoms. The van der Waals surface area contributed by atoms with E-state index in [0.29, 0.717) is 28.2 Å². The van der Waals surface area contributed by atoms with E-state index in [9.17, 15) is 18.3 Å². The van der Waals surface area contributed by atoms with Gasteiger partial charge in [-0.1, -0.05) is 0 Å². The van der Waals surface area contributed by atoms with Crippen LogP contribution in [0, 0.1) is 6.92 Å². The van der Waals surface area contributed by atoms with Gasteiger partial charge in [-0.15, -0.1) is 13.2 Å². The maximum Gasteiger partial charge on any atom is 0.573 e. The molecule has 0 unspecified atom stereocenters. The van der Waals surface area contributed by atoms with Crippen molar-refractivity contribution in [2.24, 2.45) is 0 Å². The van der Waals surface area contributed by atoms with Gasteiger partial charge in [-0.3, -0.25) is 0 Å². The first-order valence-corrected chi connectivity index (χ1v) is 12.5. The van der Waals surface area contributed by atoms with Gasteiger partial charge in [-0.25, -0.2) is 19.9 Å². The van der Waals surface area contributed by atoms with Crippen LogP contribution < -0.4 is 15.0 Å². The quantitative estimate of drug-likeness (QED) is 0.468. The smallest absolute Gasteiger partial charge is 0.406 e. The molecule has 0 radical (unpaired) electrons. The van der Waals surface area contributed by atoms with Gasteiger partial charge in [-0.05, 0) is 69.7 Å². The highest BCUT2D eigenvalue weighted by Crippen LogP contribution is 2.27. The van der Waals surface area contributed by atoms with Crippen molar-refractivity contribution in [3.05, 3.63) is 41.5 Å². The second-order valence-corrected chi connectivity index (χ2v) is 9.54. The highest BCUT2D eigenvalue weighted by molar-refractivity contribution is 5.79. The van der Waals surface area contributed by atoms with Crippen molar-refractivity contribution in [1.82, 2.24) is 19.9 Å². The molecule has 1 aliphatic heterocycles. The summed E-state index contributed by atoms with van der Waals surface area (Å²) in [6, 6.07) is 6.10. The Morgan fingerprint density at radius 2 is 1.73 bits per heavy atom. The molecule has 3 heterocycles. The molecule has 1 saturated carbocycles. The standard InChI is InChI=1S/C26H29F3N6O2/c1-16-20(32-22-14-19(37-26(27,28)29)8-9-21(22)30-16)10-11-23-33-24(31-17-4-6-18(36)7-5-17)15-25(34-23)35-12-2-3-13-35/h8-11,14-15,17-18,36H,2-7,12-13H2,1H3,(H,31,33,34). The first-order chi connectivity index (χ1) is 17.7. The number of hydrogen-bond donors (Lipinski definition) is 2. The van der Waals surface area contributed by atoms with Crippen LogP contribution >= 0.6 is 0 Å². The van der Waals surface area contributed by atoms with Crippen molar-refractivity contribution in [2.45, 2.75) is 64.0 Å². The summed E-state index contributed by atoms with van der Waals surface area (Å²) < 4.78 is 41.9. The molecule has 3 aromatic rings. The topological polar surface area (TPSA) is 96.3 Å². The van der Waals surface area contributed by atoms with Gasteiger partial charge in [0, 0.05) is 31.3 Å². The van der Waals surface area contributed by atoms with E-state index < -0.39 is 6.36 Å². The average Bonchev–Trinajstić information content (AvgIpc) is 3.39. The summed E-state index contributed by atoms with van der Waals surface area (Å²) in [6.45, 7) is 3.66. The number of ether oxygens (including phenoxy) is 1. The second kappa shape index (κ2) is 10.5. The third kappa shape index (κ3) is 6.46. The minimum Gasteiger partial charge on any atom is -0.406 e. The lowest BCUT2D eigenvalue weighted by Gasteiger charge is -2.27. The Morgan fingerprint density at radius 1 is 0.973 bits per heavy atom. The van der Waals surface area contributed by atoms with Crippen LogP contribution in [0.15, 0.2) is 24.3 Å². The molecule has 2 aromatic heterocycles. The summed E-state index contributed by atoms with van der Waals surface area (Å²) in [5.74, 6) is 1.73. The summed E-state index contributed by atoms with van der Waals surface area (Å²) in [5, 5.41) is 13.3. The van der Waals surface area contributed by atoms with Crippen LogP contribution in [0.25, 0.3) is 23.2 Å². The van der Waals surface area contributed by atoms with E-state index >= 15 is 0 Å². The lowest BCUT2D eigenvalue weighted by atomic mass is 9.93. The van der Waals surface area contributed by atoms with Gasteiger partial charge < -0.3 is 20.1 Å². The van der Waals surface area contributed by atoms with E-state index in [2.05, 4.69) is 29.9 Å². The number of alkyl halides is 3. The number of benzene rings is 1. The van der Waals surface area contributed by atoms with Gasteiger partial charge in [0.2, 0.25) is 0 Å². The predicted molar refractivity (Wildman–Crippen MR) is 135 cm³/mol. The van der Waals surface area contributed by atoms with E-state index in [-0.39, 0.29) is 17.9 Å². The summed E-state index contributed by atoms with van der Waals surface area (Å²) in [7, 11) is 0. The Morgan fingerprint density at radius 3 is 2.46 bits per heavy atom. The first-order valence-electron chi connectivity index (χ1n) is 12.5. The SMILES string of the molecule is Cc1nc2ccc(OC(F)(F)F)cc2nc1C=Cc1nc(NC2CCC(O)CC2)cc(N2CCCC2)n1. The Balaban J connectivity index is 1.42. The fourth-order valence-electron chi connectivity index (χ4n) is 4.78. The Kier molecular flexibility index (Phi) is 7.14. The van der Waals surface area contributed by atoms with Crippen molar-refractivity contribution in [1.29, 1.82) is 0 Å². The molecular formula is C26H29F3N6O2. The Labute approximate surface area is 212 Å². The molecule has 11 heteroatoms. The summed E-state index contributed by atoms with van der Waals surface area (Å²) >= 11 is 0. The van der Waals surface area contributed by atoms with Crippen LogP contribution in [0.5, 0.6) is 5.75 Å². The van der Waals surface area contributed by atoms with Crippen molar-refractivity contribution < 1.29 is 23.0 Å². The van der Waals surface area contributed by atoms with E-state index in [4.69, 9.17) is 4.98 Å². The molecule has 1 aromatic carbocycles. The molecule has 8 nitrogen and oxygen atoms in total. The molecule has 2 N–H and O–H groups in total. The molecule has 0 amide bonds. The van der Waals surface area contributed by atoms with Crippen LogP contribution in [0.1, 0.15) is 55.7 Å². The van der Waals surface area contributed by atoms with Crippen molar-refractivity contribution in [2.75, 3.05) is 23.3 Å². The molecule has 2 aliphatic rings. The molecule has 196 valence electrons. The minimum atomic E-state index is -4.78. The van der Waals surface area contributed by atoms with Gasteiger partial charge >= 0.3 is 6.36 Å². The van der Waals surface area contributed by atoms with Gasteiger partial charge in [0.1, 0.15) is 17.4 Å². The molecular weight excluding hydrogens is 485 g/mol. The molecule has 1 aliphatic carbocycles. The van der Waals surface area contributed by atoms with Crippen molar-refractivity contribution >= 4 is 34.8 Å². The van der Waals surface area contributed by atoms with Crippen LogP contribution in [0.4, 0.5) is 24.8 Å². The molecule has 1 saturated heterocycles. The number of nitrogens with one attached hydrogen (secondary N) is 1. The fourth-order valence-corrected chi connectivity index (χ4v) is 4.78. The summed E-state index contributed by atoms with van der Waals surface area (Å²) in [4.78, 5) is 20.6. The highest BCUT2D eigenvalue weighted by Gasteiger charge is 2.31. The van der Waals surface area contributed by atoms with Crippen LogP contribution in [-0.2, 0) is 0 Å². The lowest BCUT2D eigenvalue weighted by molar-refractivity contribution is -0.274. The number of nitrogens with zero attached hydrogens (tertiary/aromatic N) is 5. The minimum absolute atomic E-state index is 0.232. The monoisotopic (exact) mass is 514 g/mol. The first kappa shape index (κ1) is 25.2. The van der Waals surface area contributed by atoms with E-state index in [0.717, 1.165) is 63.3 Å². The number of halogens is 3. The number of fused-ring (bicyclic) bond motifs is 1. The van der Waals surface area contributed by atoms with Gasteiger partial charge in [0.25, 0.3) is 0 Å². The zero-order valence-electron chi connectivity index (χ0n) is 20.5. The zero-order valence-corrected chi connectivity index (χ0v) is 20.5. The van der Waals surface area contributed by atoms with Crippen LogP contribution in [0.3, 0.4) is 0 Å². The van der Waals surface area contributed by atoms with Gasteiger partial charge in [0.05, 0.1) is 28.5 Å². The lowest BCUT2D eigenvalue weighted by Crippen LogP contribution is -2.29. The summed E-state index contributed by atoms with van der Waals surface area (Å²) in [5.41, 5.74) is 1.90. The maximum absolute atomic E-state index is 12.6.